The van der Waals surface area contributed by atoms with Gasteiger partial charge in [0.2, 0.25) is 0 Å². The van der Waals surface area contributed by atoms with E-state index in [-0.39, 0.29) is 0 Å². The molecule has 0 spiro atoms. The van der Waals surface area contributed by atoms with Crippen molar-refractivity contribution in [1.29, 1.82) is 0 Å². The summed E-state index contributed by atoms with van der Waals surface area (Å²) in [4.78, 5) is 6.87. The standard InChI is InChI=1S/C18H31N3O2/c1-20-12-8-19-18(20)17(22)16-4-10-21(11-5-16)9-2-3-15-6-13-23-14-7-15/h8,12,15-17,22H,2-7,9-11,13-14H2,1H3. The molecule has 0 aliphatic carbocycles. The largest absolute Gasteiger partial charge is 0.385 e. The lowest BCUT2D eigenvalue weighted by atomic mass is 9.90. The van der Waals surface area contributed by atoms with Gasteiger partial charge >= 0.3 is 0 Å². The van der Waals surface area contributed by atoms with E-state index in [0.717, 1.165) is 50.9 Å². The van der Waals surface area contributed by atoms with Crippen molar-refractivity contribution in [2.45, 2.75) is 44.6 Å². The van der Waals surface area contributed by atoms with Gasteiger partial charge in [-0.25, -0.2) is 4.98 Å². The van der Waals surface area contributed by atoms with Gasteiger partial charge in [0.25, 0.3) is 0 Å². The van der Waals surface area contributed by atoms with Crippen molar-refractivity contribution in [3.8, 4) is 0 Å². The molecule has 0 bridgehead atoms. The number of aromatic nitrogens is 2. The van der Waals surface area contributed by atoms with Gasteiger partial charge in [-0.1, -0.05) is 0 Å². The van der Waals surface area contributed by atoms with Gasteiger partial charge < -0.3 is 19.3 Å². The van der Waals surface area contributed by atoms with Crippen molar-refractivity contribution in [3.05, 3.63) is 18.2 Å². The fraction of sp³-hybridized carbons (Fsp3) is 0.833. The number of nitrogens with zero attached hydrogens (tertiary/aromatic N) is 3. The Labute approximate surface area is 139 Å². The molecule has 5 heteroatoms. The van der Waals surface area contributed by atoms with E-state index >= 15 is 0 Å². The molecule has 1 aromatic heterocycles. The number of aryl methyl sites for hydroxylation is 1. The van der Waals surface area contributed by atoms with E-state index in [0.29, 0.717) is 5.92 Å². The van der Waals surface area contributed by atoms with Gasteiger partial charge in [0.1, 0.15) is 11.9 Å². The maximum atomic E-state index is 10.5. The smallest absolute Gasteiger partial charge is 0.137 e. The van der Waals surface area contributed by atoms with Crippen molar-refractivity contribution in [1.82, 2.24) is 14.5 Å². The Morgan fingerprint density at radius 1 is 1.26 bits per heavy atom. The maximum absolute atomic E-state index is 10.5. The molecule has 2 aliphatic rings. The molecule has 0 amide bonds. The first kappa shape index (κ1) is 16.9. The summed E-state index contributed by atoms with van der Waals surface area (Å²) in [5.74, 6) is 2.04. The van der Waals surface area contributed by atoms with Crippen molar-refractivity contribution in [2.75, 3.05) is 32.8 Å². The third kappa shape index (κ3) is 4.55. The van der Waals surface area contributed by atoms with Crippen LogP contribution in [0, 0.1) is 11.8 Å². The summed E-state index contributed by atoms with van der Waals surface area (Å²) in [5.41, 5.74) is 0. The Bertz CT molecular complexity index is 463. The molecule has 3 heterocycles. The van der Waals surface area contributed by atoms with Crippen LogP contribution in [0.3, 0.4) is 0 Å². The summed E-state index contributed by atoms with van der Waals surface area (Å²) in [6.45, 7) is 5.35. The first-order valence-electron chi connectivity index (χ1n) is 9.19. The Morgan fingerprint density at radius 2 is 2.00 bits per heavy atom. The number of hydrogen-bond acceptors (Lipinski definition) is 4. The molecule has 0 saturated carbocycles. The van der Waals surface area contributed by atoms with Crippen molar-refractivity contribution in [2.24, 2.45) is 18.9 Å². The predicted octanol–water partition coefficient (Wildman–Crippen LogP) is 2.37. The molecule has 1 aromatic rings. The first-order chi connectivity index (χ1) is 11.2. The van der Waals surface area contributed by atoms with Crippen molar-refractivity contribution >= 4 is 0 Å². The second-order valence-corrected chi connectivity index (χ2v) is 7.22. The first-order valence-corrected chi connectivity index (χ1v) is 9.19. The minimum atomic E-state index is -0.417. The Hall–Kier alpha value is -0.910. The molecule has 2 fully saturated rings. The van der Waals surface area contributed by atoms with E-state index in [9.17, 15) is 5.11 Å². The average molecular weight is 321 g/mol. The molecule has 0 aromatic carbocycles. The third-order valence-corrected chi connectivity index (χ3v) is 5.63. The summed E-state index contributed by atoms with van der Waals surface area (Å²) in [5, 5.41) is 10.5. The van der Waals surface area contributed by atoms with Crippen molar-refractivity contribution in [3.63, 3.8) is 0 Å². The van der Waals surface area contributed by atoms with Crippen LogP contribution in [0.1, 0.15) is 50.5 Å². The van der Waals surface area contributed by atoms with Crippen LogP contribution < -0.4 is 0 Å². The minimum absolute atomic E-state index is 0.350. The summed E-state index contributed by atoms with van der Waals surface area (Å²) >= 11 is 0. The van der Waals surface area contributed by atoms with E-state index < -0.39 is 6.10 Å². The molecule has 0 radical (unpaired) electrons. The molecule has 5 nitrogen and oxygen atoms in total. The second kappa shape index (κ2) is 8.27. The number of piperidine rings is 1. The number of rotatable bonds is 6. The molecular formula is C18H31N3O2. The Kier molecular flexibility index (Phi) is 6.08. The number of likely N-dealkylation sites (tertiary alicyclic amines) is 1. The Morgan fingerprint density at radius 3 is 2.65 bits per heavy atom. The molecule has 3 rings (SSSR count). The molecule has 1 atom stereocenters. The van der Waals surface area contributed by atoms with Crippen LogP contribution in [-0.4, -0.2) is 52.4 Å². The second-order valence-electron chi connectivity index (χ2n) is 7.22. The monoisotopic (exact) mass is 321 g/mol. The van der Waals surface area contributed by atoms with Gasteiger partial charge in [0.15, 0.2) is 0 Å². The Balaban J connectivity index is 1.36. The zero-order valence-electron chi connectivity index (χ0n) is 14.4. The van der Waals surface area contributed by atoms with E-state index in [2.05, 4.69) is 9.88 Å². The highest BCUT2D eigenvalue weighted by molar-refractivity contribution is 4.98. The lowest BCUT2D eigenvalue weighted by molar-refractivity contribution is 0.0473. The number of hydrogen-bond donors (Lipinski definition) is 1. The molecule has 2 saturated heterocycles. The quantitative estimate of drug-likeness (QED) is 0.874. The van der Waals surface area contributed by atoms with Gasteiger partial charge in [0, 0.05) is 32.7 Å². The van der Waals surface area contributed by atoms with Gasteiger partial charge in [-0.15, -0.1) is 0 Å². The molecule has 2 aliphatic heterocycles. The van der Waals surface area contributed by atoms with Crippen LogP contribution in [0.4, 0.5) is 0 Å². The zero-order valence-corrected chi connectivity index (χ0v) is 14.4. The molecule has 1 N–H and O–H groups in total. The van der Waals surface area contributed by atoms with Crippen LogP contribution in [0.15, 0.2) is 12.4 Å². The molecule has 1 unspecified atom stereocenters. The molecular weight excluding hydrogens is 290 g/mol. The van der Waals surface area contributed by atoms with E-state index in [1.54, 1.807) is 6.20 Å². The normalized spacial score (nSPS) is 23.2. The van der Waals surface area contributed by atoms with Crippen LogP contribution >= 0.6 is 0 Å². The highest BCUT2D eigenvalue weighted by Gasteiger charge is 2.28. The highest BCUT2D eigenvalue weighted by Crippen LogP contribution is 2.30. The molecule has 23 heavy (non-hydrogen) atoms. The molecule has 130 valence electrons. The topological polar surface area (TPSA) is 50.5 Å². The SMILES string of the molecule is Cn1ccnc1C(O)C1CCN(CCCC2CCOCC2)CC1. The van der Waals surface area contributed by atoms with E-state index in [4.69, 9.17) is 4.74 Å². The summed E-state index contributed by atoms with van der Waals surface area (Å²) in [6, 6.07) is 0. The highest BCUT2D eigenvalue weighted by atomic mass is 16.5. The van der Waals surface area contributed by atoms with Gasteiger partial charge in [-0.3, -0.25) is 0 Å². The fourth-order valence-electron chi connectivity index (χ4n) is 4.00. The number of aliphatic hydroxyl groups excluding tert-OH is 1. The zero-order chi connectivity index (χ0) is 16.1. The van der Waals surface area contributed by atoms with E-state index in [1.165, 1.54) is 32.2 Å². The summed E-state index contributed by atoms with van der Waals surface area (Å²) < 4.78 is 7.36. The summed E-state index contributed by atoms with van der Waals surface area (Å²) in [7, 11) is 1.96. The van der Waals surface area contributed by atoms with Crippen LogP contribution in [-0.2, 0) is 11.8 Å². The lowest BCUT2D eigenvalue weighted by Crippen LogP contribution is -2.36. The van der Waals surface area contributed by atoms with Crippen LogP contribution in [0.2, 0.25) is 0 Å². The summed E-state index contributed by atoms with van der Waals surface area (Å²) in [6.07, 6.45) is 10.6. The minimum Gasteiger partial charge on any atom is -0.385 e. The number of aliphatic hydroxyl groups is 1. The predicted molar refractivity (Wildman–Crippen MR) is 90.1 cm³/mol. The van der Waals surface area contributed by atoms with Crippen molar-refractivity contribution < 1.29 is 9.84 Å². The third-order valence-electron chi connectivity index (χ3n) is 5.63. The fourth-order valence-corrected chi connectivity index (χ4v) is 4.00. The van der Waals surface area contributed by atoms with Gasteiger partial charge in [-0.05, 0) is 70.0 Å². The van der Waals surface area contributed by atoms with Gasteiger partial charge in [-0.2, -0.15) is 0 Å². The lowest BCUT2D eigenvalue weighted by Gasteiger charge is -2.34. The maximum Gasteiger partial charge on any atom is 0.137 e. The van der Waals surface area contributed by atoms with Crippen LogP contribution in [0.5, 0.6) is 0 Å². The number of ether oxygens (including phenoxy) is 1. The number of imidazole rings is 1. The van der Waals surface area contributed by atoms with E-state index in [1.807, 2.05) is 17.8 Å². The average Bonchev–Trinajstić information content (AvgIpc) is 3.02. The van der Waals surface area contributed by atoms with Gasteiger partial charge in [0.05, 0.1) is 0 Å². The van der Waals surface area contributed by atoms with Crippen LogP contribution in [0.25, 0.3) is 0 Å².